The van der Waals surface area contributed by atoms with E-state index in [0.29, 0.717) is 6.54 Å². The van der Waals surface area contributed by atoms with E-state index >= 15 is 0 Å². The zero-order chi connectivity index (χ0) is 14.4. The largest absolute Gasteiger partial charge is 0.481 e. The zero-order valence-electron chi connectivity index (χ0n) is 11.3. The molecule has 1 aromatic heterocycles. The van der Waals surface area contributed by atoms with Crippen LogP contribution in [0.2, 0.25) is 0 Å². The van der Waals surface area contributed by atoms with Gasteiger partial charge in [0.25, 0.3) is 0 Å². The molecule has 1 aromatic rings. The molecule has 0 saturated carbocycles. The van der Waals surface area contributed by atoms with E-state index in [2.05, 4.69) is 10.3 Å². The predicted octanol–water partition coefficient (Wildman–Crippen LogP) is 1.67. The van der Waals surface area contributed by atoms with Crippen LogP contribution in [0.3, 0.4) is 0 Å². The highest BCUT2D eigenvalue weighted by atomic mass is 32.1. The highest BCUT2D eigenvalue weighted by molar-refractivity contribution is 7.09. The molecule has 19 heavy (non-hydrogen) atoms. The number of hydrogen-bond acceptors (Lipinski definition) is 4. The van der Waals surface area contributed by atoms with Crippen LogP contribution in [-0.4, -0.2) is 47.1 Å². The van der Waals surface area contributed by atoms with E-state index in [-0.39, 0.29) is 24.9 Å². The molecule has 0 aliphatic carbocycles. The summed E-state index contributed by atoms with van der Waals surface area (Å²) in [6.07, 6.45) is -0.0504. The standard InChI is InChI=1S/C12H19N3O3S/c1-8(11-14-9(2)7-19-11)6-13-12(18)15(3)5-4-10(16)17/h7-8H,4-6H2,1-3H3,(H,13,18)(H,16,17). The molecule has 1 rings (SSSR count). The van der Waals surface area contributed by atoms with E-state index in [1.54, 1.807) is 18.4 Å². The van der Waals surface area contributed by atoms with Crippen molar-refractivity contribution in [1.29, 1.82) is 0 Å². The summed E-state index contributed by atoms with van der Waals surface area (Å²) in [6, 6.07) is -0.263. The van der Waals surface area contributed by atoms with Gasteiger partial charge in [0.2, 0.25) is 0 Å². The van der Waals surface area contributed by atoms with E-state index in [1.165, 1.54) is 4.90 Å². The molecule has 0 fully saturated rings. The van der Waals surface area contributed by atoms with Crippen molar-refractivity contribution >= 4 is 23.3 Å². The molecular weight excluding hydrogens is 266 g/mol. The van der Waals surface area contributed by atoms with E-state index in [1.807, 2.05) is 19.2 Å². The maximum atomic E-state index is 11.7. The number of carbonyl (C=O) groups excluding carboxylic acids is 1. The molecule has 2 amide bonds. The Labute approximate surface area is 116 Å². The smallest absolute Gasteiger partial charge is 0.317 e. The fourth-order valence-corrected chi connectivity index (χ4v) is 2.28. The monoisotopic (exact) mass is 285 g/mol. The van der Waals surface area contributed by atoms with Crippen molar-refractivity contribution in [2.75, 3.05) is 20.1 Å². The Morgan fingerprint density at radius 3 is 2.79 bits per heavy atom. The van der Waals surface area contributed by atoms with Gasteiger partial charge in [0.05, 0.1) is 11.4 Å². The van der Waals surface area contributed by atoms with E-state index in [4.69, 9.17) is 5.11 Å². The molecule has 0 aliphatic heterocycles. The number of urea groups is 1. The Morgan fingerprint density at radius 2 is 2.26 bits per heavy atom. The van der Waals surface area contributed by atoms with Crippen molar-refractivity contribution < 1.29 is 14.7 Å². The van der Waals surface area contributed by atoms with E-state index in [9.17, 15) is 9.59 Å². The number of aryl methyl sites for hydroxylation is 1. The molecule has 0 aliphatic rings. The molecule has 1 unspecified atom stereocenters. The van der Waals surface area contributed by atoms with Crippen LogP contribution in [0.5, 0.6) is 0 Å². The van der Waals surface area contributed by atoms with Crippen molar-refractivity contribution in [2.24, 2.45) is 0 Å². The molecule has 7 heteroatoms. The zero-order valence-corrected chi connectivity index (χ0v) is 12.2. The van der Waals surface area contributed by atoms with Gasteiger partial charge >= 0.3 is 12.0 Å². The molecule has 1 atom stereocenters. The lowest BCUT2D eigenvalue weighted by atomic mass is 10.2. The number of nitrogens with one attached hydrogen (secondary N) is 1. The topological polar surface area (TPSA) is 82.5 Å². The van der Waals surface area contributed by atoms with Crippen LogP contribution in [0.15, 0.2) is 5.38 Å². The first-order chi connectivity index (χ1) is 8.90. The summed E-state index contributed by atoms with van der Waals surface area (Å²) >= 11 is 1.58. The third-order valence-corrected chi connectivity index (χ3v) is 3.82. The lowest BCUT2D eigenvalue weighted by molar-refractivity contribution is -0.137. The second kappa shape index (κ2) is 7.08. The fraction of sp³-hybridized carbons (Fsp3) is 0.583. The van der Waals surface area contributed by atoms with Gasteiger partial charge in [-0.3, -0.25) is 4.79 Å². The lowest BCUT2D eigenvalue weighted by Gasteiger charge is -2.18. The highest BCUT2D eigenvalue weighted by Crippen LogP contribution is 2.18. The number of carboxylic acid groups (broad SMARTS) is 1. The minimum Gasteiger partial charge on any atom is -0.481 e. The van der Waals surface area contributed by atoms with Crippen LogP contribution < -0.4 is 5.32 Å². The van der Waals surface area contributed by atoms with Crippen molar-refractivity contribution in [3.8, 4) is 0 Å². The van der Waals surface area contributed by atoms with Gasteiger partial charge in [-0.25, -0.2) is 9.78 Å². The Morgan fingerprint density at radius 1 is 1.58 bits per heavy atom. The molecule has 0 radical (unpaired) electrons. The molecule has 6 nitrogen and oxygen atoms in total. The summed E-state index contributed by atoms with van der Waals surface area (Å²) in [5.41, 5.74) is 0.983. The Hall–Kier alpha value is -1.63. The molecular formula is C12H19N3O3S. The summed E-state index contributed by atoms with van der Waals surface area (Å²) < 4.78 is 0. The summed E-state index contributed by atoms with van der Waals surface area (Å²) in [5.74, 6) is -0.762. The number of nitrogens with zero attached hydrogens (tertiary/aromatic N) is 2. The van der Waals surface area contributed by atoms with Crippen LogP contribution in [0, 0.1) is 6.92 Å². The SMILES string of the molecule is Cc1csc(C(C)CNC(=O)N(C)CCC(=O)O)n1. The van der Waals surface area contributed by atoms with Crippen LogP contribution in [0.4, 0.5) is 4.79 Å². The van der Waals surface area contributed by atoms with E-state index < -0.39 is 5.97 Å². The number of rotatable bonds is 6. The maximum absolute atomic E-state index is 11.7. The number of carbonyl (C=O) groups is 2. The average Bonchev–Trinajstić information content (AvgIpc) is 2.79. The molecule has 106 valence electrons. The van der Waals surface area contributed by atoms with Gasteiger partial charge in [0, 0.05) is 37.1 Å². The highest BCUT2D eigenvalue weighted by Gasteiger charge is 2.13. The van der Waals surface area contributed by atoms with Gasteiger partial charge < -0.3 is 15.3 Å². The molecule has 1 heterocycles. The summed E-state index contributed by atoms with van der Waals surface area (Å²) in [7, 11) is 1.58. The Kier molecular flexibility index (Phi) is 5.75. The number of aliphatic carboxylic acids is 1. The van der Waals surface area contributed by atoms with Crippen LogP contribution >= 0.6 is 11.3 Å². The summed E-state index contributed by atoms with van der Waals surface area (Å²) in [5, 5.41) is 14.3. The van der Waals surface area contributed by atoms with Crippen LogP contribution in [0.1, 0.15) is 30.0 Å². The van der Waals surface area contributed by atoms with Gasteiger partial charge in [0.1, 0.15) is 0 Å². The lowest BCUT2D eigenvalue weighted by Crippen LogP contribution is -2.39. The maximum Gasteiger partial charge on any atom is 0.317 e. The number of thiazole rings is 1. The number of amides is 2. The predicted molar refractivity (Wildman–Crippen MR) is 73.5 cm³/mol. The van der Waals surface area contributed by atoms with Crippen molar-refractivity contribution in [3.05, 3.63) is 16.1 Å². The van der Waals surface area contributed by atoms with Gasteiger partial charge in [-0.2, -0.15) is 0 Å². The third-order valence-electron chi connectivity index (χ3n) is 2.63. The summed E-state index contributed by atoms with van der Waals surface area (Å²) in [6.45, 7) is 4.62. The normalized spacial score (nSPS) is 11.9. The first-order valence-corrected chi connectivity index (χ1v) is 6.91. The molecule has 0 spiro atoms. The first-order valence-electron chi connectivity index (χ1n) is 6.03. The Bertz CT molecular complexity index is 447. The molecule has 0 aromatic carbocycles. The number of hydrogen-bond donors (Lipinski definition) is 2. The third kappa shape index (κ3) is 5.25. The Balaban J connectivity index is 2.35. The van der Waals surface area contributed by atoms with Gasteiger partial charge in [-0.1, -0.05) is 6.92 Å². The molecule has 0 bridgehead atoms. The molecule has 0 saturated heterocycles. The number of carboxylic acids is 1. The van der Waals surface area contributed by atoms with Crippen molar-refractivity contribution in [1.82, 2.24) is 15.2 Å². The average molecular weight is 285 g/mol. The van der Waals surface area contributed by atoms with Crippen LogP contribution in [-0.2, 0) is 4.79 Å². The quantitative estimate of drug-likeness (QED) is 0.833. The number of aromatic nitrogens is 1. The first kappa shape index (κ1) is 15.4. The minimum atomic E-state index is -0.911. The molecule has 2 N–H and O–H groups in total. The van der Waals surface area contributed by atoms with Crippen LogP contribution in [0.25, 0.3) is 0 Å². The van der Waals surface area contributed by atoms with Crippen molar-refractivity contribution in [2.45, 2.75) is 26.2 Å². The van der Waals surface area contributed by atoms with Gasteiger partial charge in [-0.15, -0.1) is 11.3 Å². The minimum absolute atomic E-state index is 0.0504. The summed E-state index contributed by atoms with van der Waals surface area (Å²) in [4.78, 5) is 27.9. The van der Waals surface area contributed by atoms with Gasteiger partial charge in [0.15, 0.2) is 0 Å². The van der Waals surface area contributed by atoms with Gasteiger partial charge in [-0.05, 0) is 6.92 Å². The fourth-order valence-electron chi connectivity index (χ4n) is 1.43. The second-order valence-corrected chi connectivity index (χ2v) is 5.37. The second-order valence-electron chi connectivity index (χ2n) is 4.48. The van der Waals surface area contributed by atoms with Crippen molar-refractivity contribution in [3.63, 3.8) is 0 Å². The van der Waals surface area contributed by atoms with E-state index in [0.717, 1.165) is 10.7 Å².